The summed E-state index contributed by atoms with van der Waals surface area (Å²) in [5, 5.41) is 3.60. The van der Waals surface area contributed by atoms with Crippen LogP contribution in [0, 0.1) is 5.92 Å². The van der Waals surface area contributed by atoms with Crippen molar-refractivity contribution in [3.8, 4) is 5.75 Å². The molecule has 2 aliphatic rings. The molecule has 3 atom stereocenters. The van der Waals surface area contributed by atoms with Crippen LogP contribution in [-0.4, -0.2) is 22.3 Å². The average Bonchev–Trinajstić information content (AvgIpc) is 3.19. The number of benzene rings is 3. The van der Waals surface area contributed by atoms with Crippen LogP contribution >= 0.6 is 27.7 Å². The maximum Gasteiger partial charge on any atom is 0.262 e. The quantitative estimate of drug-likeness (QED) is 0.297. The minimum absolute atomic E-state index is 0.106. The molecule has 36 heavy (non-hydrogen) atoms. The molecule has 3 aromatic carbocycles. The maximum atomic E-state index is 13.7. The Labute approximate surface area is 226 Å². The molecule has 5 rings (SSSR count). The van der Waals surface area contributed by atoms with E-state index in [4.69, 9.17) is 4.74 Å². The van der Waals surface area contributed by atoms with Gasteiger partial charge in [-0.1, -0.05) is 89.9 Å². The van der Waals surface area contributed by atoms with Crippen LogP contribution in [0.1, 0.15) is 43.7 Å². The fraction of sp³-hybridized carbons (Fsp3) is 0.300. The number of ether oxygens (including phenoxy) is 1. The molecule has 1 amide bonds. The number of hydrogen-bond acceptors (Lipinski definition) is 4. The number of anilines is 1. The predicted octanol–water partition coefficient (Wildman–Crippen LogP) is 7.92. The lowest BCUT2D eigenvalue weighted by atomic mass is 9.85. The topological polar surface area (TPSA) is 41.6 Å². The van der Waals surface area contributed by atoms with E-state index in [0.717, 1.165) is 38.4 Å². The lowest BCUT2D eigenvalue weighted by molar-refractivity contribution is -0.129. The van der Waals surface area contributed by atoms with E-state index in [9.17, 15) is 4.79 Å². The fourth-order valence-electron chi connectivity index (χ4n) is 4.93. The van der Waals surface area contributed by atoms with Crippen LogP contribution in [0.25, 0.3) is 6.08 Å². The van der Waals surface area contributed by atoms with Crippen molar-refractivity contribution >= 4 is 45.4 Å². The van der Waals surface area contributed by atoms with Crippen LogP contribution in [-0.2, 0) is 11.4 Å². The molecule has 1 heterocycles. The molecule has 4 nitrogen and oxygen atoms in total. The van der Waals surface area contributed by atoms with Gasteiger partial charge in [0.05, 0.1) is 4.91 Å². The first-order valence-corrected chi connectivity index (χ1v) is 14.2. The van der Waals surface area contributed by atoms with Crippen molar-refractivity contribution in [2.75, 3.05) is 5.32 Å². The summed E-state index contributed by atoms with van der Waals surface area (Å²) in [7, 11) is 0. The van der Waals surface area contributed by atoms with Crippen LogP contribution < -0.4 is 10.1 Å². The molecule has 0 radical (unpaired) electrons. The van der Waals surface area contributed by atoms with Gasteiger partial charge in [0.2, 0.25) is 0 Å². The second-order valence-electron chi connectivity index (χ2n) is 9.51. The Bertz CT molecular complexity index is 1200. The van der Waals surface area contributed by atoms with Gasteiger partial charge in [-0.2, -0.15) is 0 Å². The molecule has 1 aliphatic carbocycles. The monoisotopic (exact) mass is 562 g/mol. The zero-order chi connectivity index (χ0) is 24.9. The summed E-state index contributed by atoms with van der Waals surface area (Å²) >= 11 is 5.08. The second-order valence-corrected chi connectivity index (χ2v) is 11.6. The fourth-order valence-corrected chi connectivity index (χ4v) is 6.40. The zero-order valence-electron chi connectivity index (χ0n) is 20.4. The van der Waals surface area contributed by atoms with Crippen LogP contribution in [0.3, 0.4) is 0 Å². The SMILES string of the molecule is C[C@H]1CCCC[C@H]1N1C(=O)/C(=C/c2ccc(OCc3ccc(Br)cc3)cc2)SC1Nc1ccccc1. The summed E-state index contributed by atoms with van der Waals surface area (Å²) in [4.78, 5) is 16.6. The normalized spacial score (nSPS) is 23.2. The number of halogens is 1. The zero-order valence-corrected chi connectivity index (χ0v) is 22.8. The van der Waals surface area contributed by atoms with Gasteiger partial charge in [0.1, 0.15) is 12.4 Å². The van der Waals surface area contributed by atoms with Gasteiger partial charge in [-0.05, 0) is 72.4 Å². The molecule has 1 aliphatic heterocycles. The standard InChI is InChI=1S/C30H31BrN2O2S/c1-21-7-5-6-10-27(21)33-29(34)28(36-30(33)32-25-8-3-2-4-9-25)19-22-13-17-26(18-14-22)35-20-23-11-15-24(31)16-12-23/h2-4,8-9,11-19,21,27,30,32H,5-7,10,20H2,1H3/b28-19-/t21-,27+,30?/m0/s1. The number of nitrogens with zero attached hydrogens (tertiary/aromatic N) is 1. The van der Waals surface area contributed by atoms with Crippen molar-refractivity contribution in [1.29, 1.82) is 0 Å². The Hall–Kier alpha value is -2.70. The van der Waals surface area contributed by atoms with Gasteiger partial charge in [-0.25, -0.2) is 0 Å². The number of thioether (sulfide) groups is 1. The minimum Gasteiger partial charge on any atom is -0.489 e. The van der Waals surface area contributed by atoms with Crippen LogP contribution in [0.2, 0.25) is 0 Å². The molecular weight excluding hydrogens is 532 g/mol. The lowest BCUT2D eigenvalue weighted by Gasteiger charge is -2.39. The van der Waals surface area contributed by atoms with Gasteiger partial charge < -0.3 is 15.0 Å². The van der Waals surface area contributed by atoms with Crippen molar-refractivity contribution in [1.82, 2.24) is 4.90 Å². The third kappa shape index (κ3) is 5.98. The van der Waals surface area contributed by atoms with E-state index >= 15 is 0 Å². The van der Waals surface area contributed by atoms with Crippen molar-refractivity contribution in [2.45, 2.75) is 50.8 Å². The molecule has 1 N–H and O–H groups in total. The molecule has 1 unspecified atom stereocenters. The van der Waals surface area contributed by atoms with Crippen molar-refractivity contribution in [3.05, 3.63) is 99.4 Å². The van der Waals surface area contributed by atoms with Crippen LogP contribution in [0.5, 0.6) is 5.75 Å². The number of hydrogen-bond donors (Lipinski definition) is 1. The molecule has 1 saturated carbocycles. The summed E-state index contributed by atoms with van der Waals surface area (Å²) < 4.78 is 7.00. The van der Waals surface area contributed by atoms with Gasteiger partial charge in [-0.15, -0.1) is 0 Å². The molecular formula is C30H31BrN2O2S. The van der Waals surface area contributed by atoms with Crippen molar-refractivity contribution < 1.29 is 9.53 Å². The number of rotatable bonds is 7. The first-order chi connectivity index (χ1) is 17.6. The average molecular weight is 564 g/mol. The lowest BCUT2D eigenvalue weighted by Crippen LogP contribution is -2.48. The Morgan fingerprint density at radius 2 is 1.72 bits per heavy atom. The van der Waals surface area contributed by atoms with Gasteiger partial charge >= 0.3 is 0 Å². The number of nitrogens with one attached hydrogen (secondary N) is 1. The molecule has 0 spiro atoms. The number of amides is 1. The summed E-state index contributed by atoms with van der Waals surface area (Å²) in [6, 6.07) is 26.5. The third-order valence-electron chi connectivity index (χ3n) is 6.92. The highest BCUT2D eigenvalue weighted by atomic mass is 79.9. The van der Waals surface area contributed by atoms with E-state index < -0.39 is 0 Å². The Kier molecular flexibility index (Phi) is 8.02. The largest absolute Gasteiger partial charge is 0.489 e. The minimum atomic E-state index is -0.106. The molecule has 3 aromatic rings. The van der Waals surface area contributed by atoms with E-state index in [0.29, 0.717) is 12.5 Å². The highest BCUT2D eigenvalue weighted by Crippen LogP contribution is 2.42. The number of carbonyl (C=O) groups excluding carboxylic acids is 1. The Morgan fingerprint density at radius 1 is 1.00 bits per heavy atom. The summed E-state index contributed by atoms with van der Waals surface area (Å²) in [5.74, 6) is 1.44. The summed E-state index contributed by atoms with van der Waals surface area (Å²) in [6.07, 6.45) is 6.69. The summed E-state index contributed by atoms with van der Waals surface area (Å²) in [5.41, 5.74) is 3.04. The molecule has 0 bridgehead atoms. The second kappa shape index (κ2) is 11.6. The molecule has 186 valence electrons. The van der Waals surface area contributed by atoms with E-state index in [-0.39, 0.29) is 17.4 Å². The van der Waals surface area contributed by atoms with Gasteiger partial charge in [-0.3, -0.25) is 4.79 Å². The van der Waals surface area contributed by atoms with E-state index in [1.165, 1.54) is 19.3 Å². The predicted molar refractivity (Wildman–Crippen MR) is 153 cm³/mol. The van der Waals surface area contributed by atoms with E-state index in [1.807, 2.05) is 72.8 Å². The molecule has 2 fully saturated rings. The van der Waals surface area contributed by atoms with Gasteiger partial charge in [0, 0.05) is 16.2 Å². The highest BCUT2D eigenvalue weighted by Gasteiger charge is 2.42. The maximum absolute atomic E-state index is 13.7. The highest BCUT2D eigenvalue weighted by molar-refractivity contribution is 9.10. The first-order valence-electron chi connectivity index (χ1n) is 12.6. The molecule has 1 saturated heterocycles. The summed E-state index contributed by atoms with van der Waals surface area (Å²) in [6.45, 7) is 2.81. The van der Waals surface area contributed by atoms with Crippen LogP contribution in [0.4, 0.5) is 5.69 Å². The van der Waals surface area contributed by atoms with Crippen LogP contribution in [0.15, 0.2) is 88.2 Å². The molecule has 0 aromatic heterocycles. The smallest absolute Gasteiger partial charge is 0.262 e. The Morgan fingerprint density at radius 3 is 2.44 bits per heavy atom. The number of carbonyl (C=O) groups is 1. The first kappa shape index (κ1) is 25.0. The number of para-hydroxylation sites is 1. The Balaban J connectivity index is 1.31. The van der Waals surface area contributed by atoms with Gasteiger partial charge in [0.15, 0.2) is 5.50 Å². The van der Waals surface area contributed by atoms with Gasteiger partial charge in [0.25, 0.3) is 5.91 Å². The van der Waals surface area contributed by atoms with E-state index in [2.05, 4.69) is 45.2 Å². The van der Waals surface area contributed by atoms with Crippen molar-refractivity contribution in [2.24, 2.45) is 5.92 Å². The van der Waals surface area contributed by atoms with E-state index in [1.54, 1.807) is 11.8 Å². The molecule has 6 heteroatoms. The van der Waals surface area contributed by atoms with Crippen molar-refractivity contribution in [3.63, 3.8) is 0 Å². The third-order valence-corrected chi connectivity index (χ3v) is 8.56.